The summed E-state index contributed by atoms with van der Waals surface area (Å²) in [5.74, 6) is -0.645. The molecule has 0 unspecified atom stereocenters. The highest BCUT2D eigenvalue weighted by atomic mass is 16.6. The number of carbonyl (C=O) groups is 2. The Morgan fingerprint density at radius 1 is 0.933 bits per heavy atom. The average Bonchev–Trinajstić information content (AvgIpc) is 2.78. The summed E-state index contributed by atoms with van der Waals surface area (Å²) < 4.78 is 10.2. The van der Waals surface area contributed by atoms with Gasteiger partial charge in [-0.05, 0) is 49.4 Å². The van der Waals surface area contributed by atoms with Gasteiger partial charge in [0.25, 0.3) is 0 Å². The molecule has 4 rings (SSSR count). The molecule has 1 aromatic heterocycles. The Kier molecular flexibility index (Phi) is 6.59. The van der Waals surface area contributed by atoms with Crippen LogP contribution in [0.5, 0.6) is 5.75 Å². The zero-order chi connectivity index (χ0) is 20.8. The molecule has 1 saturated heterocycles. The number of fused-ring (bicyclic) bond motifs is 1. The van der Waals surface area contributed by atoms with Crippen molar-refractivity contribution in [1.82, 2.24) is 9.88 Å². The maximum absolute atomic E-state index is 12.1. The Labute approximate surface area is 176 Å². The van der Waals surface area contributed by atoms with Gasteiger partial charge in [-0.3, -0.25) is 14.7 Å². The normalized spacial score (nSPS) is 16.6. The van der Waals surface area contributed by atoms with Crippen molar-refractivity contribution in [3.63, 3.8) is 0 Å². The van der Waals surface area contributed by atoms with E-state index in [0.717, 1.165) is 39.0 Å². The predicted octanol–water partition coefficient (Wildman–Crippen LogP) is 2.23. The van der Waals surface area contributed by atoms with Gasteiger partial charge < -0.3 is 14.4 Å². The van der Waals surface area contributed by atoms with Crippen LogP contribution in [0.4, 0.5) is 5.69 Å². The second kappa shape index (κ2) is 9.71. The van der Waals surface area contributed by atoms with Crippen molar-refractivity contribution < 1.29 is 19.1 Å². The lowest BCUT2D eigenvalue weighted by atomic mass is 9.94. The van der Waals surface area contributed by atoms with Crippen LogP contribution in [0.1, 0.15) is 24.1 Å². The third-order valence-corrected chi connectivity index (χ3v) is 5.60. The third-order valence-electron chi connectivity index (χ3n) is 5.60. The van der Waals surface area contributed by atoms with E-state index >= 15 is 0 Å². The molecule has 1 aliphatic heterocycles. The molecule has 7 nitrogen and oxygen atoms in total. The number of esters is 2. The second-order valence-electron chi connectivity index (χ2n) is 7.67. The van der Waals surface area contributed by atoms with Gasteiger partial charge in [0.1, 0.15) is 5.75 Å². The maximum Gasteiger partial charge on any atom is 0.351 e. The Bertz CT molecular complexity index is 879. The van der Waals surface area contributed by atoms with E-state index in [1.807, 2.05) is 29.3 Å². The van der Waals surface area contributed by atoms with Gasteiger partial charge in [-0.25, -0.2) is 4.79 Å². The first-order valence-corrected chi connectivity index (χ1v) is 10.5. The molecule has 2 aromatic rings. The minimum absolute atomic E-state index is 0.110. The van der Waals surface area contributed by atoms with E-state index in [4.69, 9.17) is 9.47 Å². The van der Waals surface area contributed by atoms with Crippen LogP contribution in [-0.4, -0.2) is 61.2 Å². The first kappa shape index (κ1) is 20.3. The number of ether oxygens (including phenoxy) is 2. The number of hydrogen-bond acceptors (Lipinski definition) is 7. The number of benzene rings is 1. The summed E-state index contributed by atoms with van der Waals surface area (Å²) in [5.41, 5.74) is 3.91. The number of para-hydroxylation sites is 1. The molecule has 0 saturated carbocycles. The standard InChI is InChI=1S/C23H27N3O4/c27-22(30-23(28)17-29-18-6-2-1-3-7-18)16-25-12-14-26(15-13-25)21-10-11-24-20-9-5-4-8-19(20)21/h1-3,6-7,10-11H,4-5,8-9,12-17H2. The van der Waals surface area contributed by atoms with Gasteiger partial charge in [0.15, 0.2) is 6.61 Å². The van der Waals surface area contributed by atoms with Gasteiger partial charge in [0.2, 0.25) is 0 Å². The molecule has 2 heterocycles. The number of hydrogen-bond donors (Lipinski definition) is 0. The summed E-state index contributed by atoms with van der Waals surface area (Å²) in [6.07, 6.45) is 6.51. The first-order valence-electron chi connectivity index (χ1n) is 10.5. The molecule has 0 radical (unpaired) electrons. The maximum atomic E-state index is 12.1. The highest BCUT2D eigenvalue weighted by Gasteiger charge is 2.24. The monoisotopic (exact) mass is 409 g/mol. The van der Waals surface area contributed by atoms with Crippen LogP contribution in [0.25, 0.3) is 0 Å². The lowest BCUT2D eigenvalue weighted by Crippen LogP contribution is -2.48. The number of nitrogens with zero attached hydrogens (tertiary/aromatic N) is 3. The number of rotatable bonds is 6. The van der Waals surface area contributed by atoms with Crippen LogP contribution in [0.3, 0.4) is 0 Å². The van der Waals surface area contributed by atoms with Crippen molar-refractivity contribution in [1.29, 1.82) is 0 Å². The summed E-state index contributed by atoms with van der Waals surface area (Å²) in [6, 6.07) is 11.1. The van der Waals surface area contributed by atoms with E-state index in [1.54, 1.807) is 12.1 Å². The van der Waals surface area contributed by atoms with Gasteiger partial charge in [-0.2, -0.15) is 0 Å². The van der Waals surface area contributed by atoms with Crippen molar-refractivity contribution in [2.24, 2.45) is 0 Å². The first-order chi connectivity index (χ1) is 14.7. The molecule has 1 aromatic carbocycles. The molecular weight excluding hydrogens is 382 g/mol. The number of piperazine rings is 1. The molecular formula is C23H27N3O4. The summed E-state index contributed by atoms with van der Waals surface area (Å²) in [4.78, 5) is 32.9. The molecule has 0 bridgehead atoms. The topological polar surface area (TPSA) is 72.0 Å². The van der Waals surface area contributed by atoms with Crippen molar-refractivity contribution in [3.05, 3.63) is 53.9 Å². The molecule has 7 heteroatoms. The minimum atomic E-state index is -0.675. The van der Waals surface area contributed by atoms with Gasteiger partial charge in [0, 0.05) is 43.8 Å². The van der Waals surface area contributed by atoms with E-state index in [0.29, 0.717) is 5.75 Å². The van der Waals surface area contributed by atoms with Crippen LogP contribution in [0.2, 0.25) is 0 Å². The summed E-state index contributed by atoms with van der Waals surface area (Å²) in [5, 5.41) is 0. The number of carbonyl (C=O) groups excluding carboxylic acids is 2. The van der Waals surface area contributed by atoms with Crippen LogP contribution in [-0.2, 0) is 27.2 Å². The Hall–Kier alpha value is -2.93. The van der Waals surface area contributed by atoms with E-state index < -0.39 is 11.9 Å². The zero-order valence-corrected chi connectivity index (χ0v) is 17.1. The number of anilines is 1. The van der Waals surface area contributed by atoms with Crippen LogP contribution < -0.4 is 9.64 Å². The third kappa shape index (κ3) is 5.16. The van der Waals surface area contributed by atoms with E-state index in [1.165, 1.54) is 29.8 Å². The minimum Gasteiger partial charge on any atom is -0.482 e. The Morgan fingerprint density at radius 2 is 1.70 bits per heavy atom. The van der Waals surface area contributed by atoms with Gasteiger partial charge in [0.05, 0.1) is 6.54 Å². The summed E-state index contributed by atoms with van der Waals surface area (Å²) >= 11 is 0. The SMILES string of the molecule is O=C(COc1ccccc1)OC(=O)CN1CCN(c2ccnc3c2CCCC3)CC1. The highest BCUT2D eigenvalue weighted by molar-refractivity contribution is 5.87. The predicted molar refractivity (Wildman–Crippen MR) is 113 cm³/mol. The van der Waals surface area contributed by atoms with E-state index in [9.17, 15) is 9.59 Å². The Balaban J connectivity index is 1.22. The van der Waals surface area contributed by atoms with Gasteiger partial charge in [-0.1, -0.05) is 18.2 Å². The average molecular weight is 409 g/mol. The molecule has 0 atom stereocenters. The molecule has 0 spiro atoms. The molecule has 158 valence electrons. The van der Waals surface area contributed by atoms with E-state index in [2.05, 4.69) is 16.0 Å². The molecule has 1 aliphatic carbocycles. The van der Waals surface area contributed by atoms with Crippen LogP contribution in [0.15, 0.2) is 42.6 Å². The Morgan fingerprint density at radius 3 is 2.50 bits per heavy atom. The van der Waals surface area contributed by atoms with E-state index in [-0.39, 0.29) is 13.2 Å². The zero-order valence-electron chi connectivity index (χ0n) is 17.1. The quantitative estimate of drug-likeness (QED) is 0.535. The van der Waals surface area contributed by atoms with Crippen molar-refractivity contribution in [2.75, 3.05) is 44.2 Å². The summed E-state index contributed by atoms with van der Waals surface area (Å²) in [6.45, 7) is 3.02. The number of aromatic nitrogens is 1. The van der Waals surface area contributed by atoms with Gasteiger partial charge in [-0.15, -0.1) is 0 Å². The summed E-state index contributed by atoms with van der Waals surface area (Å²) in [7, 11) is 0. The lowest BCUT2D eigenvalue weighted by Gasteiger charge is -2.37. The lowest BCUT2D eigenvalue weighted by molar-refractivity contribution is -0.161. The van der Waals surface area contributed by atoms with Crippen molar-refractivity contribution in [2.45, 2.75) is 25.7 Å². The fourth-order valence-corrected chi connectivity index (χ4v) is 4.08. The van der Waals surface area contributed by atoms with Crippen LogP contribution in [0, 0.1) is 0 Å². The fourth-order valence-electron chi connectivity index (χ4n) is 4.08. The molecule has 2 aliphatic rings. The smallest absolute Gasteiger partial charge is 0.351 e. The van der Waals surface area contributed by atoms with Gasteiger partial charge >= 0.3 is 11.9 Å². The van der Waals surface area contributed by atoms with Crippen LogP contribution >= 0.6 is 0 Å². The fraction of sp³-hybridized carbons (Fsp3) is 0.435. The second-order valence-corrected chi connectivity index (χ2v) is 7.67. The van der Waals surface area contributed by atoms with Crippen molar-refractivity contribution >= 4 is 17.6 Å². The molecule has 30 heavy (non-hydrogen) atoms. The number of aryl methyl sites for hydroxylation is 1. The van der Waals surface area contributed by atoms with Crippen molar-refractivity contribution in [3.8, 4) is 5.75 Å². The largest absolute Gasteiger partial charge is 0.482 e. The molecule has 0 amide bonds. The highest BCUT2D eigenvalue weighted by Crippen LogP contribution is 2.29. The molecule has 1 fully saturated rings. The molecule has 0 N–H and O–H groups in total. The number of pyridine rings is 1.